The van der Waals surface area contributed by atoms with E-state index < -0.39 is 10.8 Å². The molecule has 2 heterocycles. The SMILES string of the molecule is CC1=C(C)C(=O)O[C@H]([C@@H](C)[C@H]2CC[C@H]3[C@@H]4[C@@H]5O[C@@H]5[C@@]5(C)CC=CC(=O)[C@]5(C)[C@H]4CC(=O)[C@]23C)C1. The van der Waals surface area contributed by atoms with Gasteiger partial charge in [0, 0.05) is 34.7 Å². The van der Waals surface area contributed by atoms with Gasteiger partial charge in [0.05, 0.1) is 12.2 Å². The molecule has 0 aromatic heterocycles. The first-order valence-corrected chi connectivity index (χ1v) is 13.2. The molecule has 5 heteroatoms. The number of rotatable bonds is 2. The summed E-state index contributed by atoms with van der Waals surface area (Å²) in [6, 6.07) is 0. The van der Waals surface area contributed by atoms with Crippen LogP contribution in [-0.2, 0) is 23.9 Å². The lowest BCUT2D eigenvalue weighted by atomic mass is 9.40. The average molecular weight is 467 g/mol. The normalized spacial score (nSPS) is 52.4. The zero-order valence-corrected chi connectivity index (χ0v) is 21.4. The zero-order chi connectivity index (χ0) is 24.4. The Morgan fingerprint density at radius 2 is 1.76 bits per heavy atom. The molecule has 0 bridgehead atoms. The van der Waals surface area contributed by atoms with Crippen molar-refractivity contribution in [3.05, 3.63) is 23.3 Å². The second kappa shape index (κ2) is 6.93. The van der Waals surface area contributed by atoms with Crippen LogP contribution in [0.15, 0.2) is 23.3 Å². The number of cyclic esters (lactones) is 1. The van der Waals surface area contributed by atoms with Crippen molar-refractivity contribution in [1.82, 2.24) is 0 Å². The second-order valence-electron chi connectivity index (χ2n) is 12.9. The minimum Gasteiger partial charge on any atom is -0.458 e. The Bertz CT molecular complexity index is 1050. The number of ketones is 2. The number of fused-ring (bicyclic) bond motifs is 8. The predicted molar refractivity (Wildman–Crippen MR) is 127 cm³/mol. The first-order chi connectivity index (χ1) is 16.0. The van der Waals surface area contributed by atoms with E-state index in [-0.39, 0.29) is 65.1 Å². The molecule has 1 saturated heterocycles. The monoisotopic (exact) mass is 466 g/mol. The van der Waals surface area contributed by atoms with E-state index in [1.54, 1.807) is 6.08 Å². The first-order valence-electron chi connectivity index (χ1n) is 13.2. The van der Waals surface area contributed by atoms with E-state index in [4.69, 9.17) is 9.47 Å². The molecule has 5 nitrogen and oxygen atoms in total. The van der Waals surface area contributed by atoms with Crippen LogP contribution in [0.25, 0.3) is 0 Å². The number of carbonyl (C=O) groups is 3. The summed E-state index contributed by atoms with van der Waals surface area (Å²) in [4.78, 5) is 39.9. The number of allylic oxidation sites excluding steroid dienone is 2. The van der Waals surface area contributed by atoms with Crippen LogP contribution in [-0.4, -0.2) is 35.8 Å². The fourth-order valence-corrected chi connectivity index (χ4v) is 9.41. The van der Waals surface area contributed by atoms with Crippen LogP contribution in [0.3, 0.4) is 0 Å². The van der Waals surface area contributed by atoms with Crippen LogP contribution in [0.1, 0.15) is 73.6 Å². The van der Waals surface area contributed by atoms with Crippen LogP contribution < -0.4 is 0 Å². The van der Waals surface area contributed by atoms with Gasteiger partial charge in [0.15, 0.2) is 5.78 Å². The number of hydrogen-bond acceptors (Lipinski definition) is 5. The Morgan fingerprint density at radius 3 is 2.47 bits per heavy atom. The molecule has 0 unspecified atom stereocenters. The number of ether oxygens (including phenoxy) is 2. The highest BCUT2D eigenvalue weighted by molar-refractivity contribution is 5.98. The third-order valence-electron chi connectivity index (χ3n) is 12.0. The summed E-state index contributed by atoms with van der Waals surface area (Å²) in [7, 11) is 0. The van der Waals surface area contributed by atoms with E-state index in [1.807, 2.05) is 19.9 Å². The van der Waals surface area contributed by atoms with E-state index in [0.29, 0.717) is 12.2 Å². The Kier molecular flexibility index (Phi) is 4.62. The van der Waals surface area contributed by atoms with Crippen molar-refractivity contribution < 1.29 is 23.9 Å². The lowest BCUT2D eigenvalue weighted by Crippen LogP contribution is -2.64. The first kappa shape index (κ1) is 22.7. The molecule has 0 amide bonds. The molecule has 0 aromatic carbocycles. The molecule has 6 aliphatic rings. The third kappa shape index (κ3) is 2.52. The number of carbonyl (C=O) groups excluding carboxylic acids is 3. The highest BCUT2D eigenvalue weighted by atomic mass is 16.6. The highest BCUT2D eigenvalue weighted by Crippen LogP contribution is 2.73. The zero-order valence-electron chi connectivity index (χ0n) is 21.4. The highest BCUT2D eigenvalue weighted by Gasteiger charge is 2.77. The molecule has 6 rings (SSSR count). The topological polar surface area (TPSA) is 73.0 Å². The Hall–Kier alpha value is -1.75. The van der Waals surface area contributed by atoms with Crippen molar-refractivity contribution in [3.63, 3.8) is 0 Å². The largest absolute Gasteiger partial charge is 0.458 e. The van der Waals surface area contributed by atoms with E-state index in [2.05, 4.69) is 27.7 Å². The third-order valence-corrected chi connectivity index (χ3v) is 12.0. The molecule has 4 aliphatic carbocycles. The molecule has 184 valence electrons. The van der Waals surface area contributed by atoms with Crippen LogP contribution >= 0.6 is 0 Å². The molecule has 0 aromatic rings. The summed E-state index contributed by atoms with van der Waals surface area (Å²) in [6.07, 6.45) is 7.86. The van der Waals surface area contributed by atoms with E-state index in [9.17, 15) is 14.4 Å². The number of epoxide rings is 1. The maximum absolute atomic E-state index is 14.1. The molecule has 2 aliphatic heterocycles. The molecule has 0 spiro atoms. The summed E-state index contributed by atoms with van der Waals surface area (Å²) in [5, 5.41) is 0. The standard InChI is InChI=1S/C29H38O5/c1-14-12-20(33-26(32)15(14)2)16(3)17-9-10-18-23-19(13-22(31)28(17,18)5)29(6)21(30)8-7-11-27(29,4)25-24(23)34-25/h7-8,16-20,23-25H,9-13H2,1-6H3/t16-,17+,18-,19-,20-,23-,24-,25-,27+,28+,29-/m0/s1. The summed E-state index contributed by atoms with van der Waals surface area (Å²) in [5.41, 5.74) is 0.577. The molecule has 0 radical (unpaired) electrons. The lowest BCUT2D eigenvalue weighted by Gasteiger charge is -2.60. The quantitative estimate of drug-likeness (QED) is 0.430. The van der Waals surface area contributed by atoms with Gasteiger partial charge < -0.3 is 9.47 Å². The number of Topliss-reactive ketones (excluding diaryl/α,β-unsaturated/α-hetero) is 1. The van der Waals surface area contributed by atoms with Crippen molar-refractivity contribution in [2.45, 2.75) is 92.0 Å². The second-order valence-corrected chi connectivity index (χ2v) is 12.9. The minimum atomic E-state index is -0.552. The lowest BCUT2D eigenvalue weighted by molar-refractivity contribution is -0.167. The van der Waals surface area contributed by atoms with Gasteiger partial charge in [0.1, 0.15) is 11.9 Å². The number of hydrogen-bond donors (Lipinski definition) is 0. The summed E-state index contributed by atoms with van der Waals surface area (Å²) in [6.45, 7) is 12.5. The fraction of sp³-hybridized carbons (Fsp3) is 0.759. The molecular weight excluding hydrogens is 428 g/mol. The van der Waals surface area contributed by atoms with Crippen LogP contribution in [0, 0.1) is 45.8 Å². The van der Waals surface area contributed by atoms with E-state index in [1.165, 1.54) is 0 Å². The van der Waals surface area contributed by atoms with Crippen molar-refractivity contribution in [3.8, 4) is 0 Å². The maximum Gasteiger partial charge on any atom is 0.333 e. The van der Waals surface area contributed by atoms with Gasteiger partial charge in [-0.15, -0.1) is 0 Å². The smallest absolute Gasteiger partial charge is 0.333 e. The molecule has 0 N–H and O–H groups in total. The van der Waals surface area contributed by atoms with Gasteiger partial charge in [-0.25, -0.2) is 4.79 Å². The van der Waals surface area contributed by atoms with Gasteiger partial charge in [-0.2, -0.15) is 0 Å². The molecule has 11 atom stereocenters. The van der Waals surface area contributed by atoms with Crippen LogP contribution in [0.4, 0.5) is 0 Å². The summed E-state index contributed by atoms with van der Waals surface area (Å²) < 4.78 is 12.3. The van der Waals surface area contributed by atoms with E-state index in [0.717, 1.165) is 36.8 Å². The van der Waals surface area contributed by atoms with Crippen molar-refractivity contribution in [1.29, 1.82) is 0 Å². The summed E-state index contributed by atoms with van der Waals surface area (Å²) >= 11 is 0. The Balaban J connectivity index is 1.34. The van der Waals surface area contributed by atoms with E-state index >= 15 is 0 Å². The van der Waals surface area contributed by atoms with Crippen molar-refractivity contribution in [2.75, 3.05) is 0 Å². The molecular formula is C29H38O5. The van der Waals surface area contributed by atoms with Crippen molar-refractivity contribution in [2.24, 2.45) is 45.8 Å². The summed E-state index contributed by atoms with van der Waals surface area (Å²) in [5.74, 6) is 1.07. The Labute approximate surface area is 202 Å². The maximum atomic E-state index is 14.1. The molecule has 4 fully saturated rings. The van der Waals surface area contributed by atoms with Crippen LogP contribution in [0.2, 0.25) is 0 Å². The van der Waals surface area contributed by atoms with Gasteiger partial charge >= 0.3 is 5.97 Å². The van der Waals surface area contributed by atoms with Gasteiger partial charge in [0.25, 0.3) is 0 Å². The molecule has 34 heavy (non-hydrogen) atoms. The minimum absolute atomic E-state index is 0.0404. The van der Waals surface area contributed by atoms with Gasteiger partial charge in [0.2, 0.25) is 0 Å². The Morgan fingerprint density at radius 1 is 1.03 bits per heavy atom. The predicted octanol–water partition coefficient (Wildman–Crippen LogP) is 4.83. The van der Waals surface area contributed by atoms with Crippen molar-refractivity contribution >= 4 is 17.5 Å². The van der Waals surface area contributed by atoms with Gasteiger partial charge in [-0.1, -0.05) is 39.3 Å². The van der Waals surface area contributed by atoms with Gasteiger partial charge in [-0.05, 0) is 68.8 Å². The van der Waals surface area contributed by atoms with Gasteiger partial charge in [-0.3, -0.25) is 9.59 Å². The average Bonchev–Trinajstić information content (AvgIpc) is 3.51. The fourth-order valence-electron chi connectivity index (χ4n) is 9.41. The molecule has 3 saturated carbocycles. The van der Waals surface area contributed by atoms with Crippen LogP contribution in [0.5, 0.6) is 0 Å². The number of esters is 1.